The number of rotatable bonds is 4. The summed E-state index contributed by atoms with van der Waals surface area (Å²) < 4.78 is 1.33. The Hall–Kier alpha value is -1.35. The second-order valence-electron chi connectivity index (χ2n) is 4.90. The van der Waals surface area contributed by atoms with Gasteiger partial charge in [-0.1, -0.05) is 19.9 Å². The SMILES string of the molecule is CC(=O)NCCc1csc2ccc(C(C)C)cc12. The Kier molecular flexibility index (Phi) is 4.02. The molecule has 0 bridgehead atoms. The van der Waals surface area contributed by atoms with E-state index in [0.717, 1.165) is 6.42 Å². The Bertz CT molecular complexity index is 557. The van der Waals surface area contributed by atoms with Gasteiger partial charge < -0.3 is 5.32 Å². The molecule has 2 rings (SSSR count). The number of benzene rings is 1. The summed E-state index contributed by atoms with van der Waals surface area (Å²) in [6.07, 6.45) is 0.904. The van der Waals surface area contributed by atoms with Gasteiger partial charge in [0.1, 0.15) is 0 Å². The van der Waals surface area contributed by atoms with E-state index in [0.29, 0.717) is 12.5 Å². The van der Waals surface area contributed by atoms with E-state index in [-0.39, 0.29) is 5.91 Å². The molecule has 0 saturated heterocycles. The van der Waals surface area contributed by atoms with E-state index >= 15 is 0 Å². The van der Waals surface area contributed by atoms with Crippen LogP contribution in [0.2, 0.25) is 0 Å². The highest BCUT2D eigenvalue weighted by Crippen LogP contribution is 2.29. The van der Waals surface area contributed by atoms with Crippen LogP contribution in [0, 0.1) is 0 Å². The Morgan fingerprint density at radius 3 is 2.83 bits per heavy atom. The van der Waals surface area contributed by atoms with E-state index in [2.05, 4.69) is 42.7 Å². The fourth-order valence-electron chi connectivity index (χ4n) is 2.03. The average molecular weight is 261 g/mol. The first-order valence-corrected chi connectivity index (χ1v) is 7.20. The number of fused-ring (bicyclic) bond motifs is 1. The zero-order chi connectivity index (χ0) is 13.1. The van der Waals surface area contributed by atoms with Crippen molar-refractivity contribution in [3.63, 3.8) is 0 Å². The van der Waals surface area contributed by atoms with E-state index in [1.165, 1.54) is 21.2 Å². The van der Waals surface area contributed by atoms with Crippen molar-refractivity contribution in [2.45, 2.75) is 33.1 Å². The summed E-state index contributed by atoms with van der Waals surface area (Å²) in [7, 11) is 0. The Morgan fingerprint density at radius 2 is 2.17 bits per heavy atom. The van der Waals surface area contributed by atoms with Gasteiger partial charge in [-0.05, 0) is 46.4 Å². The van der Waals surface area contributed by atoms with Gasteiger partial charge in [-0.15, -0.1) is 11.3 Å². The molecule has 1 N–H and O–H groups in total. The molecule has 3 heteroatoms. The van der Waals surface area contributed by atoms with Crippen molar-refractivity contribution in [1.82, 2.24) is 5.32 Å². The number of carbonyl (C=O) groups is 1. The molecule has 2 aromatic rings. The number of carbonyl (C=O) groups excluding carboxylic acids is 1. The first-order chi connectivity index (χ1) is 8.58. The van der Waals surface area contributed by atoms with Gasteiger partial charge in [0, 0.05) is 18.2 Å². The van der Waals surface area contributed by atoms with Gasteiger partial charge in [0.25, 0.3) is 0 Å². The Morgan fingerprint density at radius 1 is 1.39 bits per heavy atom. The molecular weight excluding hydrogens is 242 g/mol. The quantitative estimate of drug-likeness (QED) is 0.893. The van der Waals surface area contributed by atoms with E-state index in [1.54, 1.807) is 18.3 Å². The highest BCUT2D eigenvalue weighted by Gasteiger charge is 2.07. The minimum absolute atomic E-state index is 0.0393. The zero-order valence-corrected chi connectivity index (χ0v) is 11.9. The van der Waals surface area contributed by atoms with Gasteiger partial charge in [-0.2, -0.15) is 0 Å². The molecule has 18 heavy (non-hydrogen) atoms. The minimum Gasteiger partial charge on any atom is -0.356 e. The summed E-state index contributed by atoms with van der Waals surface area (Å²) in [6.45, 7) is 6.70. The van der Waals surface area contributed by atoms with Crippen molar-refractivity contribution in [3.8, 4) is 0 Å². The highest BCUT2D eigenvalue weighted by atomic mass is 32.1. The lowest BCUT2D eigenvalue weighted by atomic mass is 10.00. The summed E-state index contributed by atoms with van der Waals surface area (Å²) in [5.41, 5.74) is 2.72. The highest BCUT2D eigenvalue weighted by molar-refractivity contribution is 7.17. The van der Waals surface area contributed by atoms with Crippen molar-refractivity contribution in [3.05, 3.63) is 34.7 Å². The molecule has 0 aliphatic carbocycles. The molecule has 1 aromatic carbocycles. The molecule has 0 aliphatic rings. The maximum Gasteiger partial charge on any atom is 0.216 e. The molecule has 1 aromatic heterocycles. The summed E-state index contributed by atoms with van der Waals surface area (Å²) in [5.74, 6) is 0.592. The third-order valence-corrected chi connectivity index (χ3v) is 4.12. The van der Waals surface area contributed by atoms with Gasteiger partial charge >= 0.3 is 0 Å². The molecule has 0 fully saturated rings. The van der Waals surface area contributed by atoms with E-state index < -0.39 is 0 Å². The lowest BCUT2D eigenvalue weighted by Crippen LogP contribution is -2.22. The molecule has 0 atom stereocenters. The molecule has 1 amide bonds. The second-order valence-corrected chi connectivity index (χ2v) is 5.82. The standard InChI is InChI=1S/C15H19NOS/c1-10(2)12-4-5-15-14(8-12)13(9-18-15)6-7-16-11(3)17/h4-5,8-10H,6-7H2,1-3H3,(H,16,17). The van der Waals surface area contributed by atoms with Crippen LogP contribution in [0.1, 0.15) is 37.8 Å². The zero-order valence-electron chi connectivity index (χ0n) is 11.1. The van der Waals surface area contributed by atoms with Crippen molar-refractivity contribution in [2.24, 2.45) is 0 Å². The largest absolute Gasteiger partial charge is 0.356 e. The summed E-state index contributed by atoms with van der Waals surface area (Å²) in [6, 6.07) is 6.71. The summed E-state index contributed by atoms with van der Waals surface area (Å²) >= 11 is 1.78. The molecule has 0 saturated carbocycles. The van der Waals surface area contributed by atoms with Gasteiger partial charge in [0.05, 0.1) is 0 Å². The van der Waals surface area contributed by atoms with E-state index in [4.69, 9.17) is 0 Å². The number of thiophene rings is 1. The molecule has 0 aliphatic heterocycles. The average Bonchev–Trinajstić information content (AvgIpc) is 2.71. The Balaban J connectivity index is 2.22. The van der Waals surface area contributed by atoms with Gasteiger partial charge in [-0.3, -0.25) is 4.79 Å². The van der Waals surface area contributed by atoms with Crippen molar-refractivity contribution >= 4 is 27.3 Å². The van der Waals surface area contributed by atoms with Crippen LogP contribution < -0.4 is 5.32 Å². The maximum atomic E-state index is 10.9. The van der Waals surface area contributed by atoms with E-state index in [9.17, 15) is 4.79 Å². The third kappa shape index (κ3) is 2.91. The summed E-state index contributed by atoms with van der Waals surface area (Å²) in [4.78, 5) is 10.9. The smallest absolute Gasteiger partial charge is 0.216 e. The maximum absolute atomic E-state index is 10.9. The topological polar surface area (TPSA) is 29.1 Å². The van der Waals surface area contributed by atoms with Crippen molar-refractivity contribution in [1.29, 1.82) is 0 Å². The normalized spacial score (nSPS) is 11.1. The van der Waals surface area contributed by atoms with Gasteiger partial charge in [-0.25, -0.2) is 0 Å². The van der Waals surface area contributed by atoms with Crippen LogP contribution in [0.5, 0.6) is 0 Å². The number of amides is 1. The molecule has 0 spiro atoms. The molecule has 0 unspecified atom stereocenters. The molecule has 1 heterocycles. The van der Waals surface area contributed by atoms with Crippen LogP contribution in [-0.4, -0.2) is 12.5 Å². The predicted octanol–water partition coefficient (Wildman–Crippen LogP) is 3.70. The fourth-order valence-corrected chi connectivity index (χ4v) is 3.00. The molecule has 0 radical (unpaired) electrons. The second kappa shape index (κ2) is 5.53. The van der Waals surface area contributed by atoms with Crippen LogP contribution in [-0.2, 0) is 11.2 Å². The molecular formula is C15H19NOS. The summed E-state index contributed by atoms with van der Waals surface area (Å²) in [5, 5.41) is 6.40. The first kappa shape index (κ1) is 13.1. The van der Waals surface area contributed by atoms with Crippen molar-refractivity contribution < 1.29 is 4.79 Å². The third-order valence-electron chi connectivity index (χ3n) is 3.11. The number of nitrogens with one attached hydrogen (secondary N) is 1. The molecule has 2 nitrogen and oxygen atoms in total. The number of hydrogen-bond donors (Lipinski definition) is 1. The monoisotopic (exact) mass is 261 g/mol. The van der Waals surface area contributed by atoms with Crippen molar-refractivity contribution in [2.75, 3.05) is 6.54 Å². The predicted molar refractivity (Wildman–Crippen MR) is 78.3 cm³/mol. The minimum atomic E-state index is 0.0393. The first-order valence-electron chi connectivity index (χ1n) is 6.32. The van der Waals surface area contributed by atoms with E-state index in [1.807, 2.05) is 0 Å². The lowest BCUT2D eigenvalue weighted by Gasteiger charge is -2.06. The Labute approximate surface area is 112 Å². The van der Waals surface area contributed by atoms with Crippen LogP contribution in [0.15, 0.2) is 23.6 Å². The number of hydrogen-bond acceptors (Lipinski definition) is 2. The molecule has 96 valence electrons. The van der Waals surface area contributed by atoms with Gasteiger partial charge in [0.2, 0.25) is 5.91 Å². The lowest BCUT2D eigenvalue weighted by molar-refractivity contribution is -0.118. The van der Waals surface area contributed by atoms with Crippen LogP contribution in [0.4, 0.5) is 0 Å². The fraction of sp³-hybridized carbons (Fsp3) is 0.400. The van der Waals surface area contributed by atoms with Crippen LogP contribution >= 0.6 is 11.3 Å². The van der Waals surface area contributed by atoms with Crippen LogP contribution in [0.3, 0.4) is 0 Å². The van der Waals surface area contributed by atoms with Gasteiger partial charge in [0.15, 0.2) is 0 Å². The van der Waals surface area contributed by atoms with Crippen LogP contribution in [0.25, 0.3) is 10.1 Å².